The second-order valence-electron chi connectivity index (χ2n) is 5.74. The van der Waals surface area contributed by atoms with E-state index in [0.717, 1.165) is 16.8 Å². The number of thioether (sulfide) groups is 1. The third-order valence-corrected chi connectivity index (χ3v) is 4.66. The molecule has 1 aromatic heterocycles. The van der Waals surface area contributed by atoms with Gasteiger partial charge in [-0.15, -0.1) is 10.2 Å². The highest BCUT2D eigenvalue weighted by Crippen LogP contribution is 2.43. The Labute approximate surface area is 155 Å². The Morgan fingerprint density at radius 3 is 2.54 bits per heavy atom. The van der Waals surface area contributed by atoms with Gasteiger partial charge in [-0.1, -0.05) is 60.3 Å². The van der Waals surface area contributed by atoms with Crippen molar-refractivity contribution in [2.24, 2.45) is 0 Å². The van der Waals surface area contributed by atoms with Gasteiger partial charge in [-0.25, -0.2) is 0 Å². The van der Waals surface area contributed by atoms with Gasteiger partial charge in [0.2, 0.25) is 23.2 Å². The number of fused-ring (bicyclic) bond motifs is 3. The summed E-state index contributed by atoms with van der Waals surface area (Å²) in [7, 11) is 0. The zero-order valence-electron chi connectivity index (χ0n) is 14.3. The van der Waals surface area contributed by atoms with Crippen molar-refractivity contribution in [3.63, 3.8) is 0 Å². The molecule has 1 atom stereocenters. The van der Waals surface area contributed by atoms with Crippen LogP contribution in [0.4, 0.5) is 5.69 Å². The van der Waals surface area contributed by atoms with Crippen molar-refractivity contribution in [1.82, 2.24) is 15.2 Å². The summed E-state index contributed by atoms with van der Waals surface area (Å²) in [5, 5.41) is 8.97. The van der Waals surface area contributed by atoms with E-state index in [1.807, 2.05) is 60.9 Å². The van der Waals surface area contributed by atoms with Gasteiger partial charge in [0.15, 0.2) is 5.69 Å². The smallest absolute Gasteiger partial charge is 0.247 e. The van der Waals surface area contributed by atoms with Gasteiger partial charge in [-0.2, -0.15) is 4.98 Å². The summed E-state index contributed by atoms with van der Waals surface area (Å²) >= 11 is 1.39. The second kappa shape index (κ2) is 6.76. The molecule has 0 unspecified atom stereocenters. The van der Waals surface area contributed by atoms with Crippen molar-refractivity contribution in [2.75, 3.05) is 11.2 Å². The summed E-state index contributed by atoms with van der Waals surface area (Å²) in [5.41, 5.74) is 2.88. The Kier molecular flexibility index (Phi) is 4.30. The van der Waals surface area contributed by atoms with Crippen molar-refractivity contribution in [3.8, 4) is 17.1 Å². The van der Waals surface area contributed by atoms with Crippen molar-refractivity contribution >= 4 is 23.4 Å². The van der Waals surface area contributed by atoms with Gasteiger partial charge in [0.25, 0.3) is 0 Å². The molecular weight excluding hydrogens is 348 g/mol. The Morgan fingerprint density at radius 1 is 1.08 bits per heavy atom. The quantitative estimate of drug-likeness (QED) is 0.646. The summed E-state index contributed by atoms with van der Waals surface area (Å²) in [5.74, 6) is 0.242. The van der Waals surface area contributed by atoms with Gasteiger partial charge < -0.3 is 4.74 Å². The lowest BCUT2D eigenvalue weighted by Crippen LogP contribution is -2.36. The van der Waals surface area contributed by atoms with Crippen LogP contribution in [0.2, 0.25) is 0 Å². The van der Waals surface area contributed by atoms with Gasteiger partial charge in [-0.3, -0.25) is 9.69 Å². The van der Waals surface area contributed by atoms with E-state index in [1.165, 1.54) is 18.7 Å². The van der Waals surface area contributed by atoms with E-state index >= 15 is 0 Å². The number of aromatic nitrogens is 3. The summed E-state index contributed by atoms with van der Waals surface area (Å²) < 4.78 is 6.22. The van der Waals surface area contributed by atoms with E-state index in [4.69, 9.17) is 4.74 Å². The highest BCUT2D eigenvalue weighted by Gasteiger charge is 2.34. The number of carbonyl (C=O) groups excluding carboxylic acids is 1. The number of benzene rings is 2. The number of hydrogen-bond acceptors (Lipinski definition) is 6. The zero-order chi connectivity index (χ0) is 18.1. The highest BCUT2D eigenvalue weighted by atomic mass is 32.2. The fourth-order valence-corrected chi connectivity index (χ4v) is 3.27. The first-order valence-electron chi connectivity index (χ1n) is 8.08. The SMILES string of the molecule is CSc1nnc2c(n1)O[C@H](c1ccccc1)N(C(C)=O)c1ccccc1-2. The van der Waals surface area contributed by atoms with Crippen LogP contribution in [-0.2, 0) is 4.79 Å². The highest BCUT2D eigenvalue weighted by molar-refractivity contribution is 7.98. The molecule has 6 nitrogen and oxygen atoms in total. The molecule has 4 rings (SSSR count). The van der Waals surface area contributed by atoms with Crippen LogP contribution in [0.1, 0.15) is 18.7 Å². The van der Waals surface area contributed by atoms with E-state index in [2.05, 4.69) is 15.2 Å². The Hall–Kier alpha value is -2.93. The minimum absolute atomic E-state index is 0.128. The molecule has 0 aliphatic carbocycles. The van der Waals surface area contributed by atoms with Gasteiger partial charge in [0.1, 0.15) is 0 Å². The molecule has 130 valence electrons. The summed E-state index contributed by atoms with van der Waals surface area (Å²) in [4.78, 5) is 18.7. The molecule has 0 fully saturated rings. The lowest BCUT2D eigenvalue weighted by atomic mass is 10.1. The first-order chi connectivity index (χ1) is 12.7. The average Bonchev–Trinajstić information content (AvgIpc) is 2.82. The van der Waals surface area contributed by atoms with Gasteiger partial charge >= 0.3 is 0 Å². The van der Waals surface area contributed by atoms with Crippen LogP contribution in [0.15, 0.2) is 59.8 Å². The molecule has 0 saturated heterocycles. The van der Waals surface area contributed by atoms with Crippen LogP contribution >= 0.6 is 11.8 Å². The molecule has 0 spiro atoms. The second-order valence-corrected chi connectivity index (χ2v) is 6.51. The van der Waals surface area contributed by atoms with Gasteiger partial charge in [0.05, 0.1) is 5.69 Å². The lowest BCUT2D eigenvalue weighted by Gasteiger charge is -2.29. The standard InChI is InChI=1S/C19H16N4O2S/c1-12(24)23-15-11-7-6-10-14(15)16-17(20-19(26-2)22-21-16)25-18(23)13-8-4-3-5-9-13/h3-11,18H,1-2H3/t18-/m1/s1. The largest absolute Gasteiger partial charge is 0.447 e. The van der Waals surface area contributed by atoms with Gasteiger partial charge in [0, 0.05) is 18.1 Å². The molecular formula is C19H16N4O2S. The number of nitrogens with zero attached hydrogens (tertiary/aromatic N) is 4. The third-order valence-electron chi connectivity index (χ3n) is 4.12. The maximum atomic E-state index is 12.6. The number of hydrogen-bond donors (Lipinski definition) is 0. The lowest BCUT2D eigenvalue weighted by molar-refractivity contribution is -0.118. The first kappa shape index (κ1) is 16.5. The number of carbonyl (C=O) groups is 1. The predicted octanol–water partition coefficient (Wildman–Crippen LogP) is 3.70. The topological polar surface area (TPSA) is 68.2 Å². The predicted molar refractivity (Wildman–Crippen MR) is 100 cm³/mol. The molecule has 2 heterocycles. The maximum Gasteiger partial charge on any atom is 0.247 e. The van der Waals surface area contributed by atoms with E-state index in [0.29, 0.717) is 16.7 Å². The van der Waals surface area contributed by atoms with Gasteiger partial charge in [-0.05, 0) is 12.3 Å². The first-order valence-corrected chi connectivity index (χ1v) is 9.31. The van der Waals surface area contributed by atoms with Crippen LogP contribution in [-0.4, -0.2) is 27.3 Å². The minimum Gasteiger partial charge on any atom is -0.447 e. The van der Waals surface area contributed by atoms with E-state index in [1.54, 1.807) is 4.90 Å². The molecule has 3 aromatic rings. The average molecular weight is 364 g/mol. The number of para-hydroxylation sites is 1. The molecule has 1 aliphatic rings. The summed E-state index contributed by atoms with van der Waals surface area (Å²) in [6.07, 6.45) is 1.24. The van der Waals surface area contributed by atoms with E-state index in [-0.39, 0.29) is 5.91 Å². The molecule has 0 saturated carbocycles. The Bertz CT molecular complexity index is 965. The Morgan fingerprint density at radius 2 is 1.81 bits per heavy atom. The minimum atomic E-state index is -0.637. The fourth-order valence-electron chi connectivity index (χ4n) is 2.97. The van der Waals surface area contributed by atoms with E-state index in [9.17, 15) is 4.79 Å². The molecule has 1 amide bonds. The van der Waals surface area contributed by atoms with Crippen molar-refractivity contribution < 1.29 is 9.53 Å². The number of amides is 1. The van der Waals surface area contributed by atoms with Crippen LogP contribution in [0.3, 0.4) is 0 Å². The molecule has 26 heavy (non-hydrogen) atoms. The van der Waals surface area contributed by atoms with Crippen molar-refractivity contribution in [1.29, 1.82) is 0 Å². The monoisotopic (exact) mass is 364 g/mol. The normalized spacial score (nSPS) is 15.5. The molecule has 1 aliphatic heterocycles. The third kappa shape index (κ3) is 2.80. The molecule has 2 aromatic carbocycles. The fraction of sp³-hybridized carbons (Fsp3) is 0.158. The van der Waals surface area contributed by atoms with Crippen molar-refractivity contribution in [3.05, 3.63) is 60.2 Å². The molecule has 0 radical (unpaired) electrons. The van der Waals surface area contributed by atoms with E-state index < -0.39 is 6.23 Å². The molecule has 7 heteroatoms. The number of rotatable bonds is 2. The van der Waals surface area contributed by atoms with Crippen molar-refractivity contribution in [2.45, 2.75) is 18.3 Å². The summed E-state index contributed by atoms with van der Waals surface area (Å²) in [6.45, 7) is 1.53. The number of anilines is 1. The van der Waals surface area contributed by atoms with Crippen LogP contribution in [0, 0.1) is 0 Å². The molecule has 0 bridgehead atoms. The molecule has 0 N–H and O–H groups in total. The van der Waals surface area contributed by atoms with Crippen LogP contribution in [0.5, 0.6) is 5.88 Å². The Balaban J connectivity index is 1.98. The maximum absolute atomic E-state index is 12.6. The number of ether oxygens (including phenoxy) is 1. The zero-order valence-corrected chi connectivity index (χ0v) is 15.1. The van der Waals surface area contributed by atoms with Crippen LogP contribution < -0.4 is 9.64 Å². The van der Waals surface area contributed by atoms with Crippen LogP contribution in [0.25, 0.3) is 11.3 Å². The summed E-state index contributed by atoms with van der Waals surface area (Å²) in [6, 6.07) is 17.2.